The highest BCUT2D eigenvalue weighted by atomic mass is 35.5. The van der Waals surface area contributed by atoms with Crippen LogP contribution in [-0.4, -0.2) is 60.9 Å². The van der Waals surface area contributed by atoms with Crippen LogP contribution in [0.25, 0.3) is 10.9 Å². The zero-order valence-corrected chi connectivity index (χ0v) is 12.6. The van der Waals surface area contributed by atoms with Gasteiger partial charge in [0.05, 0.1) is 11.7 Å². The molecule has 7 heteroatoms. The van der Waals surface area contributed by atoms with Crippen molar-refractivity contribution in [3.63, 3.8) is 0 Å². The molecule has 1 saturated heterocycles. The van der Waals surface area contributed by atoms with Crippen molar-refractivity contribution in [2.24, 2.45) is 0 Å². The Morgan fingerprint density at radius 2 is 2.14 bits per heavy atom. The zero-order chi connectivity index (χ0) is 14.8. The maximum Gasteiger partial charge on any atom is 0.248 e. The smallest absolute Gasteiger partial charge is 0.248 e. The van der Waals surface area contributed by atoms with E-state index in [1.165, 1.54) is 7.11 Å². The molecule has 112 valence electrons. The van der Waals surface area contributed by atoms with Gasteiger partial charge in [0.15, 0.2) is 0 Å². The standard InChI is InChI=1S/C14H17ClN4O2/c1-21-9-14(20)19-4-2-18(3-5-19)13-7-10(15)6-12-11(13)8-16-17-12/h6-8H,2-5,9H2,1H3,(H,16,17). The number of aromatic amines is 1. The minimum atomic E-state index is 0.0386. The average molecular weight is 309 g/mol. The number of H-pyrrole nitrogens is 1. The van der Waals surface area contributed by atoms with Gasteiger partial charge in [-0.3, -0.25) is 9.89 Å². The van der Waals surface area contributed by atoms with Gasteiger partial charge in [-0.05, 0) is 12.1 Å². The Bertz CT molecular complexity index is 649. The first kappa shape index (κ1) is 14.2. The van der Waals surface area contributed by atoms with E-state index in [2.05, 4.69) is 15.1 Å². The van der Waals surface area contributed by atoms with Crippen LogP contribution in [0.3, 0.4) is 0 Å². The Balaban J connectivity index is 1.77. The third kappa shape index (κ3) is 2.82. The second-order valence-electron chi connectivity index (χ2n) is 5.06. The highest BCUT2D eigenvalue weighted by Gasteiger charge is 2.22. The Morgan fingerprint density at radius 1 is 1.38 bits per heavy atom. The van der Waals surface area contributed by atoms with E-state index >= 15 is 0 Å². The van der Waals surface area contributed by atoms with Crippen molar-refractivity contribution < 1.29 is 9.53 Å². The fraction of sp³-hybridized carbons (Fsp3) is 0.429. The number of fused-ring (bicyclic) bond motifs is 1. The molecule has 0 atom stereocenters. The number of methoxy groups -OCH3 is 1. The summed E-state index contributed by atoms with van der Waals surface area (Å²) in [4.78, 5) is 15.9. The maximum absolute atomic E-state index is 11.8. The topological polar surface area (TPSA) is 61.5 Å². The van der Waals surface area contributed by atoms with Crippen LogP contribution in [0.1, 0.15) is 0 Å². The molecule has 0 saturated carbocycles. The van der Waals surface area contributed by atoms with Gasteiger partial charge in [0.2, 0.25) is 5.91 Å². The molecule has 0 aliphatic carbocycles. The minimum Gasteiger partial charge on any atom is -0.375 e. The van der Waals surface area contributed by atoms with Crippen LogP contribution >= 0.6 is 11.6 Å². The number of hydrogen-bond acceptors (Lipinski definition) is 4. The molecule has 0 radical (unpaired) electrons. The molecule has 0 bridgehead atoms. The van der Waals surface area contributed by atoms with E-state index in [4.69, 9.17) is 16.3 Å². The van der Waals surface area contributed by atoms with Crippen molar-refractivity contribution in [1.29, 1.82) is 0 Å². The number of nitrogens with one attached hydrogen (secondary N) is 1. The maximum atomic E-state index is 11.8. The number of aromatic nitrogens is 2. The number of carbonyl (C=O) groups is 1. The summed E-state index contributed by atoms with van der Waals surface area (Å²) in [7, 11) is 1.54. The number of benzene rings is 1. The number of ether oxygens (including phenoxy) is 1. The van der Waals surface area contributed by atoms with Gasteiger partial charge in [-0.2, -0.15) is 5.10 Å². The van der Waals surface area contributed by atoms with Crippen LogP contribution in [-0.2, 0) is 9.53 Å². The molecule has 2 heterocycles. The van der Waals surface area contributed by atoms with Gasteiger partial charge >= 0.3 is 0 Å². The molecular weight excluding hydrogens is 292 g/mol. The van der Waals surface area contributed by atoms with Gasteiger partial charge in [0.25, 0.3) is 0 Å². The van der Waals surface area contributed by atoms with Crippen LogP contribution in [0.5, 0.6) is 0 Å². The first-order valence-electron chi connectivity index (χ1n) is 6.83. The largest absolute Gasteiger partial charge is 0.375 e. The lowest BCUT2D eigenvalue weighted by atomic mass is 10.2. The lowest BCUT2D eigenvalue weighted by Gasteiger charge is -2.36. The Hall–Kier alpha value is -1.79. The van der Waals surface area contributed by atoms with Crippen LogP contribution in [0.15, 0.2) is 18.3 Å². The number of carbonyl (C=O) groups excluding carboxylic acids is 1. The predicted molar refractivity (Wildman–Crippen MR) is 81.8 cm³/mol. The molecule has 1 amide bonds. The van der Waals surface area contributed by atoms with Gasteiger partial charge in [-0.1, -0.05) is 11.6 Å². The molecule has 21 heavy (non-hydrogen) atoms. The third-order valence-electron chi connectivity index (χ3n) is 3.74. The molecule has 2 aromatic rings. The van der Waals surface area contributed by atoms with Crippen molar-refractivity contribution in [3.05, 3.63) is 23.4 Å². The summed E-state index contributed by atoms with van der Waals surface area (Å²) in [6.45, 7) is 3.07. The monoisotopic (exact) mass is 308 g/mol. The van der Waals surface area contributed by atoms with E-state index in [-0.39, 0.29) is 12.5 Å². The molecule has 1 aromatic carbocycles. The van der Waals surface area contributed by atoms with E-state index in [9.17, 15) is 4.79 Å². The van der Waals surface area contributed by atoms with Crippen LogP contribution in [0.2, 0.25) is 5.02 Å². The Labute approximate surface area is 127 Å². The minimum absolute atomic E-state index is 0.0386. The molecule has 1 aliphatic heterocycles. The Kier molecular flexibility index (Phi) is 3.98. The van der Waals surface area contributed by atoms with Crippen LogP contribution in [0.4, 0.5) is 5.69 Å². The number of piperazine rings is 1. The summed E-state index contributed by atoms with van der Waals surface area (Å²) in [5.74, 6) is 0.0386. The van der Waals surface area contributed by atoms with Gasteiger partial charge in [-0.25, -0.2) is 0 Å². The van der Waals surface area contributed by atoms with Gasteiger partial charge < -0.3 is 14.5 Å². The highest BCUT2D eigenvalue weighted by Crippen LogP contribution is 2.30. The van der Waals surface area contributed by atoms with E-state index in [0.29, 0.717) is 18.1 Å². The summed E-state index contributed by atoms with van der Waals surface area (Å²) in [5.41, 5.74) is 1.99. The number of nitrogens with zero attached hydrogens (tertiary/aromatic N) is 3. The molecular formula is C14H17ClN4O2. The molecule has 1 aliphatic rings. The van der Waals surface area contributed by atoms with Crippen molar-refractivity contribution in [2.75, 3.05) is 44.8 Å². The first-order chi connectivity index (χ1) is 10.2. The second-order valence-corrected chi connectivity index (χ2v) is 5.49. The number of amides is 1. The van der Waals surface area contributed by atoms with Gasteiger partial charge in [-0.15, -0.1) is 0 Å². The number of hydrogen-bond donors (Lipinski definition) is 1. The first-order valence-corrected chi connectivity index (χ1v) is 7.21. The van der Waals surface area contributed by atoms with Crippen molar-refractivity contribution in [3.8, 4) is 0 Å². The molecule has 0 spiro atoms. The summed E-state index contributed by atoms with van der Waals surface area (Å²) in [6, 6.07) is 3.82. The fourth-order valence-electron chi connectivity index (χ4n) is 2.67. The van der Waals surface area contributed by atoms with Crippen molar-refractivity contribution >= 4 is 34.1 Å². The average Bonchev–Trinajstić information content (AvgIpc) is 2.95. The van der Waals surface area contributed by atoms with Gasteiger partial charge in [0, 0.05) is 49.4 Å². The van der Waals surface area contributed by atoms with E-state index in [1.54, 1.807) is 0 Å². The summed E-state index contributed by atoms with van der Waals surface area (Å²) < 4.78 is 4.90. The lowest BCUT2D eigenvalue weighted by Crippen LogP contribution is -2.49. The fourth-order valence-corrected chi connectivity index (χ4v) is 2.88. The normalized spacial score (nSPS) is 15.7. The lowest BCUT2D eigenvalue weighted by molar-refractivity contribution is -0.135. The number of rotatable bonds is 3. The van der Waals surface area contributed by atoms with Crippen LogP contribution < -0.4 is 4.90 Å². The zero-order valence-electron chi connectivity index (χ0n) is 11.8. The number of halogens is 1. The Morgan fingerprint density at radius 3 is 2.86 bits per heavy atom. The van der Waals surface area contributed by atoms with E-state index < -0.39 is 0 Å². The molecule has 0 unspecified atom stereocenters. The molecule has 6 nitrogen and oxygen atoms in total. The van der Waals surface area contributed by atoms with Crippen molar-refractivity contribution in [1.82, 2.24) is 15.1 Å². The third-order valence-corrected chi connectivity index (χ3v) is 3.96. The molecule has 1 N–H and O–H groups in total. The summed E-state index contributed by atoms with van der Waals surface area (Å²) >= 11 is 6.16. The van der Waals surface area contributed by atoms with E-state index in [0.717, 1.165) is 29.7 Å². The number of anilines is 1. The SMILES string of the molecule is COCC(=O)N1CCN(c2cc(Cl)cc3[nH]ncc23)CC1. The highest BCUT2D eigenvalue weighted by molar-refractivity contribution is 6.31. The predicted octanol–water partition coefficient (Wildman–Crippen LogP) is 1.51. The van der Waals surface area contributed by atoms with Crippen LogP contribution in [0, 0.1) is 0 Å². The molecule has 1 aromatic heterocycles. The molecule has 3 rings (SSSR count). The van der Waals surface area contributed by atoms with Crippen molar-refractivity contribution in [2.45, 2.75) is 0 Å². The quantitative estimate of drug-likeness (QED) is 0.934. The molecule has 1 fully saturated rings. The van der Waals surface area contributed by atoms with E-state index in [1.807, 2.05) is 23.2 Å². The van der Waals surface area contributed by atoms with Gasteiger partial charge in [0.1, 0.15) is 6.61 Å². The summed E-state index contributed by atoms with van der Waals surface area (Å²) in [5, 5.41) is 8.75. The second kappa shape index (κ2) is 5.91. The summed E-state index contributed by atoms with van der Waals surface area (Å²) in [6.07, 6.45) is 1.81.